The average Bonchev–Trinajstić information content (AvgIpc) is 2.52. The van der Waals surface area contributed by atoms with Crippen LogP contribution in [0.4, 0.5) is 9.18 Å². The fraction of sp³-hybridized carbons (Fsp3) is 0.188. The number of para-hydroxylation sites is 1. The Hall–Kier alpha value is -2.45. The van der Waals surface area contributed by atoms with Gasteiger partial charge >= 0.3 is 6.09 Å². The third-order valence-electron chi connectivity index (χ3n) is 2.97. The number of hydrogen-bond donors (Lipinski definition) is 1. The number of nitrogens with one attached hydrogen (secondary N) is 1. The van der Waals surface area contributed by atoms with Gasteiger partial charge in [-0.2, -0.15) is 8.42 Å². The Bertz CT molecular complexity index is 778. The summed E-state index contributed by atoms with van der Waals surface area (Å²) in [4.78, 5) is 12.0. The van der Waals surface area contributed by atoms with Crippen molar-refractivity contribution in [3.05, 3.63) is 66.0 Å². The predicted octanol–water partition coefficient (Wildman–Crippen LogP) is 2.63. The molecule has 0 aromatic heterocycles. The first-order valence-electron chi connectivity index (χ1n) is 6.97. The summed E-state index contributed by atoms with van der Waals surface area (Å²) in [6.07, 6.45) is 0.115. The van der Waals surface area contributed by atoms with Crippen LogP contribution in [0.25, 0.3) is 0 Å². The first kappa shape index (κ1) is 17.9. The van der Waals surface area contributed by atoms with Crippen molar-refractivity contribution in [2.45, 2.75) is 6.04 Å². The lowest BCUT2D eigenvalue weighted by Crippen LogP contribution is -2.34. The lowest BCUT2D eigenvalue weighted by Gasteiger charge is -2.18. The molecule has 1 amide bonds. The van der Waals surface area contributed by atoms with Gasteiger partial charge in [0.15, 0.2) is 0 Å². The van der Waals surface area contributed by atoms with E-state index in [9.17, 15) is 17.6 Å². The minimum absolute atomic E-state index is 0.330. The molecule has 0 heterocycles. The summed E-state index contributed by atoms with van der Waals surface area (Å²) in [5.41, 5.74) is 0.477. The van der Waals surface area contributed by atoms with Crippen molar-refractivity contribution >= 4 is 16.2 Å². The highest BCUT2D eigenvalue weighted by atomic mass is 32.2. The third kappa shape index (κ3) is 5.98. The van der Waals surface area contributed by atoms with E-state index in [2.05, 4.69) is 5.32 Å². The Kier molecular flexibility index (Phi) is 5.88. The lowest BCUT2D eigenvalue weighted by molar-refractivity contribution is 0.187. The van der Waals surface area contributed by atoms with Gasteiger partial charge in [-0.25, -0.2) is 9.18 Å². The second-order valence-corrected chi connectivity index (χ2v) is 6.58. The molecule has 0 radical (unpaired) electrons. The monoisotopic (exact) mass is 353 g/mol. The molecule has 128 valence electrons. The molecule has 8 heteroatoms. The fourth-order valence-electron chi connectivity index (χ4n) is 1.88. The van der Waals surface area contributed by atoms with Crippen molar-refractivity contribution in [3.8, 4) is 5.75 Å². The molecular weight excluding hydrogens is 337 g/mol. The highest BCUT2D eigenvalue weighted by Crippen LogP contribution is 2.16. The van der Waals surface area contributed by atoms with E-state index in [1.807, 2.05) is 0 Å². The molecular formula is C16H16FNO5S. The number of amides is 1. The van der Waals surface area contributed by atoms with Crippen LogP contribution in [0, 0.1) is 5.82 Å². The standard InChI is InChI=1S/C16H16FNO5S/c1-24(20,21)22-11-15(12-7-9-13(17)10-8-12)18-16(19)23-14-5-3-2-4-6-14/h2-10,15H,11H2,1H3,(H,18,19). The molecule has 1 unspecified atom stereocenters. The summed E-state index contributed by atoms with van der Waals surface area (Å²) in [5, 5.41) is 2.50. The van der Waals surface area contributed by atoms with Crippen LogP contribution in [-0.2, 0) is 14.3 Å². The number of halogens is 1. The van der Waals surface area contributed by atoms with E-state index in [0.717, 1.165) is 6.26 Å². The molecule has 1 N–H and O–H groups in total. The molecule has 2 rings (SSSR count). The Morgan fingerprint density at radius 2 is 1.75 bits per heavy atom. The predicted molar refractivity (Wildman–Crippen MR) is 85.5 cm³/mol. The van der Waals surface area contributed by atoms with Crippen LogP contribution in [-0.4, -0.2) is 27.4 Å². The smallest absolute Gasteiger partial charge is 0.410 e. The van der Waals surface area contributed by atoms with Crippen LogP contribution >= 0.6 is 0 Å². The Balaban J connectivity index is 2.09. The van der Waals surface area contributed by atoms with E-state index in [0.29, 0.717) is 11.3 Å². The highest BCUT2D eigenvalue weighted by molar-refractivity contribution is 7.85. The van der Waals surface area contributed by atoms with Gasteiger partial charge < -0.3 is 10.1 Å². The molecule has 6 nitrogen and oxygen atoms in total. The number of carbonyl (C=O) groups excluding carboxylic acids is 1. The van der Waals surface area contributed by atoms with Gasteiger partial charge in [0.25, 0.3) is 10.1 Å². The molecule has 0 fully saturated rings. The molecule has 0 bridgehead atoms. The molecule has 0 saturated heterocycles. The molecule has 0 aliphatic rings. The van der Waals surface area contributed by atoms with Crippen molar-refractivity contribution in [2.75, 3.05) is 12.9 Å². The van der Waals surface area contributed by atoms with Crippen LogP contribution in [0.2, 0.25) is 0 Å². The van der Waals surface area contributed by atoms with Crippen molar-refractivity contribution in [1.82, 2.24) is 5.32 Å². The van der Waals surface area contributed by atoms with E-state index in [1.165, 1.54) is 24.3 Å². The quantitative estimate of drug-likeness (QED) is 0.808. The fourth-order valence-corrected chi connectivity index (χ4v) is 2.26. The molecule has 0 saturated carbocycles. The first-order chi connectivity index (χ1) is 11.3. The summed E-state index contributed by atoms with van der Waals surface area (Å²) >= 11 is 0. The third-order valence-corrected chi connectivity index (χ3v) is 3.53. The number of ether oxygens (including phenoxy) is 1. The number of benzene rings is 2. The van der Waals surface area contributed by atoms with Crippen LogP contribution in [0.1, 0.15) is 11.6 Å². The van der Waals surface area contributed by atoms with Crippen molar-refractivity contribution in [1.29, 1.82) is 0 Å². The second kappa shape index (κ2) is 7.89. The van der Waals surface area contributed by atoms with Crippen molar-refractivity contribution in [3.63, 3.8) is 0 Å². The zero-order chi connectivity index (χ0) is 17.6. The normalized spacial score (nSPS) is 12.4. The lowest BCUT2D eigenvalue weighted by atomic mass is 10.1. The molecule has 24 heavy (non-hydrogen) atoms. The maximum atomic E-state index is 13.0. The summed E-state index contributed by atoms with van der Waals surface area (Å²) in [6.45, 7) is -0.339. The van der Waals surface area contributed by atoms with Gasteiger partial charge in [-0.1, -0.05) is 30.3 Å². The second-order valence-electron chi connectivity index (χ2n) is 4.94. The first-order valence-corrected chi connectivity index (χ1v) is 8.78. The van der Waals surface area contributed by atoms with Crippen LogP contribution < -0.4 is 10.1 Å². The summed E-state index contributed by atoms with van der Waals surface area (Å²) in [5.74, 6) is -0.120. The van der Waals surface area contributed by atoms with E-state index in [1.54, 1.807) is 30.3 Å². The molecule has 1 atom stereocenters. The molecule has 0 aliphatic carbocycles. The maximum Gasteiger partial charge on any atom is 0.413 e. The minimum Gasteiger partial charge on any atom is -0.410 e. The minimum atomic E-state index is -3.70. The van der Waals surface area contributed by atoms with Gasteiger partial charge in [0, 0.05) is 0 Å². The molecule has 2 aromatic carbocycles. The van der Waals surface area contributed by atoms with E-state index >= 15 is 0 Å². The maximum absolute atomic E-state index is 13.0. The Morgan fingerprint density at radius 3 is 2.33 bits per heavy atom. The van der Waals surface area contributed by atoms with E-state index < -0.39 is 28.1 Å². The highest BCUT2D eigenvalue weighted by Gasteiger charge is 2.18. The van der Waals surface area contributed by atoms with E-state index in [-0.39, 0.29) is 6.61 Å². The van der Waals surface area contributed by atoms with Gasteiger partial charge in [0.1, 0.15) is 11.6 Å². The number of carbonyl (C=O) groups is 1. The largest absolute Gasteiger partial charge is 0.413 e. The van der Waals surface area contributed by atoms with E-state index in [4.69, 9.17) is 8.92 Å². The zero-order valence-electron chi connectivity index (χ0n) is 12.8. The Labute approximate surface area is 139 Å². The van der Waals surface area contributed by atoms with Gasteiger partial charge in [0.05, 0.1) is 18.9 Å². The topological polar surface area (TPSA) is 81.7 Å². The summed E-state index contributed by atoms with van der Waals surface area (Å²) in [6, 6.07) is 12.8. The average molecular weight is 353 g/mol. The van der Waals surface area contributed by atoms with Gasteiger partial charge in [-0.3, -0.25) is 4.18 Å². The Morgan fingerprint density at radius 1 is 1.12 bits per heavy atom. The van der Waals surface area contributed by atoms with Crippen molar-refractivity contribution < 1.29 is 26.5 Å². The number of rotatable bonds is 6. The summed E-state index contributed by atoms with van der Waals surface area (Å²) < 4.78 is 45.2. The molecule has 0 spiro atoms. The van der Waals surface area contributed by atoms with Gasteiger partial charge in [0.2, 0.25) is 0 Å². The SMILES string of the molecule is CS(=O)(=O)OCC(NC(=O)Oc1ccccc1)c1ccc(F)cc1. The molecule has 0 aliphatic heterocycles. The van der Waals surface area contributed by atoms with Gasteiger partial charge in [-0.05, 0) is 29.8 Å². The molecule has 2 aromatic rings. The van der Waals surface area contributed by atoms with Crippen molar-refractivity contribution in [2.24, 2.45) is 0 Å². The van der Waals surface area contributed by atoms with Crippen LogP contribution in [0.5, 0.6) is 5.75 Å². The summed E-state index contributed by atoms with van der Waals surface area (Å²) in [7, 11) is -3.70. The van der Waals surface area contributed by atoms with Crippen LogP contribution in [0.15, 0.2) is 54.6 Å². The number of hydrogen-bond acceptors (Lipinski definition) is 5. The van der Waals surface area contributed by atoms with Gasteiger partial charge in [-0.15, -0.1) is 0 Å². The zero-order valence-corrected chi connectivity index (χ0v) is 13.6. The van der Waals surface area contributed by atoms with Crippen LogP contribution in [0.3, 0.4) is 0 Å².